The number of likely N-dealkylation sites (N-methyl/N-ethyl adjacent to an activating group) is 1. The first-order chi connectivity index (χ1) is 13.4. The minimum absolute atomic E-state index is 0.0399. The van der Waals surface area contributed by atoms with Crippen molar-refractivity contribution in [2.24, 2.45) is 0 Å². The van der Waals surface area contributed by atoms with E-state index in [4.69, 9.17) is 11.6 Å². The molecular weight excluding hydrogens is 378 g/mol. The van der Waals surface area contributed by atoms with Crippen molar-refractivity contribution >= 4 is 29.3 Å². The van der Waals surface area contributed by atoms with Gasteiger partial charge in [-0.05, 0) is 43.9 Å². The average Bonchev–Trinajstić information content (AvgIpc) is 2.91. The van der Waals surface area contributed by atoms with E-state index in [9.17, 15) is 14.4 Å². The van der Waals surface area contributed by atoms with Gasteiger partial charge in [-0.1, -0.05) is 35.9 Å². The van der Waals surface area contributed by atoms with Gasteiger partial charge in [0, 0.05) is 24.5 Å². The van der Waals surface area contributed by atoms with Crippen LogP contribution in [0.15, 0.2) is 48.5 Å². The van der Waals surface area contributed by atoms with E-state index in [1.807, 2.05) is 37.2 Å². The fraction of sp³-hybridized carbons (Fsp3) is 0.286. The number of nitrogens with one attached hydrogen (secondary N) is 1. The van der Waals surface area contributed by atoms with Crippen molar-refractivity contribution in [1.29, 1.82) is 0 Å². The highest BCUT2D eigenvalue weighted by atomic mass is 35.5. The van der Waals surface area contributed by atoms with Gasteiger partial charge >= 0.3 is 0 Å². The Morgan fingerprint density at radius 2 is 1.71 bits per heavy atom. The van der Waals surface area contributed by atoms with Crippen molar-refractivity contribution < 1.29 is 14.4 Å². The standard InChI is InChI=1S/C21H22ClN3O3/c1-24(2)18(14-6-5-7-15(22)12-14)13-23-19(26)10-11-25-20(27)16-8-3-4-9-17(16)21(25)28/h3-9,12,18H,10-11,13H2,1-2H3,(H,23,26). The van der Waals surface area contributed by atoms with Crippen LogP contribution in [0.2, 0.25) is 5.02 Å². The summed E-state index contributed by atoms with van der Waals surface area (Å²) in [7, 11) is 3.85. The molecule has 0 aliphatic carbocycles. The van der Waals surface area contributed by atoms with Gasteiger partial charge in [-0.15, -0.1) is 0 Å². The van der Waals surface area contributed by atoms with Crippen LogP contribution in [0.3, 0.4) is 0 Å². The zero-order chi connectivity index (χ0) is 20.3. The van der Waals surface area contributed by atoms with E-state index < -0.39 is 0 Å². The van der Waals surface area contributed by atoms with Crippen molar-refractivity contribution in [1.82, 2.24) is 15.1 Å². The van der Waals surface area contributed by atoms with Crippen molar-refractivity contribution in [2.75, 3.05) is 27.2 Å². The molecule has 3 rings (SSSR count). The molecule has 2 aromatic rings. The summed E-state index contributed by atoms with van der Waals surface area (Å²) in [4.78, 5) is 40.1. The van der Waals surface area contributed by atoms with Crippen LogP contribution in [0.1, 0.15) is 38.7 Å². The maximum atomic E-state index is 12.3. The first kappa shape index (κ1) is 20.0. The number of carbonyl (C=O) groups is 3. The van der Waals surface area contributed by atoms with Gasteiger partial charge < -0.3 is 10.2 Å². The van der Waals surface area contributed by atoms with Gasteiger partial charge in [0.2, 0.25) is 5.91 Å². The van der Waals surface area contributed by atoms with Crippen LogP contribution < -0.4 is 5.32 Å². The number of hydrogen-bond donors (Lipinski definition) is 1. The molecule has 2 aromatic carbocycles. The van der Waals surface area contributed by atoms with Crippen molar-refractivity contribution in [3.05, 3.63) is 70.2 Å². The quantitative estimate of drug-likeness (QED) is 0.727. The van der Waals surface area contributed by atoms with Crippen molar-refractivity contribution in [2.45, 2.75) is 12.5 Å². The van der Waals surface area contributed by atoms with E-state index in [1.165, 1.54) is 0 Å². The van der Waals surface area contributed by atoms with Crippen molar-refractivity contribution in [3.63, 3.8) is 0 Å². The molecule has 0 radical (unpaired) electrons. The molecule has 1 unspecified atom stereocenters. The molecule has 1 aliphatic heterocycles. The Balaban J connectivity index is 1.56. The molecule has 0 saturated carbocycles. The summed E-state index contributed by atoms with van der Waals surface area (Å²) < 4.78 is 0. The minimum Gasteiger partial charge on any atom is -0.354 e. The van der Waals surface area contributed by atoms with Gasteiger partial charge in [-0.25, -0.2) is 0 Å². The van der Waals surface area contributed by atoms with E-state index >= 15 is 0 Å². The Labute approximate surface area is 169 Å². The summed E-state index contributed by atoms with van der Waals surface area (Å²) in [5.74, 6) is -0.914. The van der Waals surface area contributed by atoms with Gasteiger partial charge in [0.15, 0.2) is 0 Å². The Bertz CT molecular complexity index is 878. The fourth-order valence-corrected chi connectivity index (χ4v) is 3.47. The molecule has 0 spiro atoms. The number of carbonyl (C=O) groups excluding carboxylic acids is 3. The number of hydrogen-bond acceptors (Lipinski definition) is 4. The maximum absolute atomic E-state index is 12.3. The molecule has 7 heteroatoms. The summed E-state index contributed by atoms with van der Waals surface area (Å²) in [5, 5.41) is 3.52. The Morgan fingerprint density at radius 1 is 1.07 bits per heavy atom. The van der Waals surface area contributed by atoms with Gasteiger partial charge in [0.25, 0.3) is 11.8 Å². The summed E-state index contributed by atoms with van der Waals surface area (Å²) >= 11 is 6.07. The lowest BCUT2D eigenvalue weighted by Gasteiger charge is -2.25. The predicted octanol–water partition coefficient (Wildman–Crippen LogP) is 2.75. The molecule has 1 atom stereocenters. The average molecular weight is 400 g/mol. The first-order valence-corrected chi connectivity index (χ1v) is 9.40. The molecule has 0 bridgehead atoms. The zero-order valence-corrected chi connectivity index (χ0v) is 16.6. The zero-order valence-electron chi connectivity index (χ0n) is 15.8. The van der Waals surface area contributed by atoms with Crippen molar-refractivity contribution in [3.8, 4) is 0 Å². The first-order valence-electron chi connectivity index (χ1n) is 9.02. The van der Waals surface area contributed by atoms with E-state index in [0.29, 0.717) is 22.7 Å². The summed E-state index contributed by atoms with van der Waals surface area (Å²) in [5.41, 5.74) is 1.78. The lowest BCUT2D eigenvalue weighted by molar-refractivity contribution is -0.121. The van der Waals surface area contributed by atoms with Crippen LogP contribution in [0.25, 0.3) is 0 Å². The Morgan fingerprint density at radius 3 is 2.29 bits per heavy atom. The third kappa shape index (κ3) is 4.24. The molecule has 28 heavy (non-hydrogen) atoms. The lowest BCUT2D eigenvalue weighted by Crippen LogP contribution is -2.37. The minimum atomic E-state index is -0.349. The van der Waals surface area contributed by atoms with Crippen LogP contribution in [0.4, 0.5) is 0 Å². The Kier molecular flexibility index (Phi) is 6.11. The highest BCUT2D eigenvalue weighted by molar-refractivity contribution is 6.30. The van der Waals surface area contributed by atoms with E-state index in [2.05, 4.69) is 5.32 Å². The molecule has 3 amide bonds. The van der Waals surface area contributed by atoms with E-state index in [0.717, 1.165) is 10.5 Å². The van der Waals surface area contributed by atoms with Crippen LogP contribution >= 0.6 is 11.6 Å². The number of nitrogens with zero attached hydrogens (tertiary/aromatic N) is 2. The monoisotopic (exact) mass is 399 g/mol. The van der Waals surface area contributed by atoms with Crippen LogP contribution in [-0.2, 0) is 4.79 Å². The van der Waals surface area contributed by atoms with Gasteiger partial charge in [-0.2, -0.15) is 0 Å². The summed E-state index contributed by atoms with van der Waals surface area (Å²) in [6.45, 7) is 0.455. The molecule has 0 fully saturated rings. The third-order valence-corrected chi connectivity index (χ3v) is 5.03. The fourth-order valence-electron chi connectivity index (χ4n) is 3.27. The smallest absolute Gasteiger partial charge is 0.261 e. The summed E-state index contributed by atoms with van der Waals surface area (Å²) in [6, 6.07) is 14.2. The molecule has 0 aromatic heterocycles. The number of benzene rings is 2. The van der Waals surface area contributed by atoms with Gasteiger partial charge in [0.05, 0.1) is 17.2 Å². The molecule has 1 N–H and O–H groups in total. The van der Waals surface area contributed by atoms with Crippen LogP contribution in [-0.4, -0.2) is 54.7 Å². The Hall–Kier alpha value is -2.70. The second-order valence-electron chi connectivity index (χ2n) is 6.90. The predicted molar refractivity (Wildman–Crippen MR) is 107 cm³/mol. The topological polar surface area (TPSA) is 69.7 Å². The highest BCUT2D eigenvalue weighted by Gasteiger charge is 2.34. The molecule has 1 aliphatic rings. The number of fused-ring (bicyclic) bond motifs is 1. The van der Waals surface area contributed by atoms with E-state index in [-0.39, 0.29) is 36.7 Å². The molecule has 6 nitrogen and oxygen atoms in total. The third-order valence-electron chi connectivity index (χ3n) is 4.79. The van der Waals surface area contributed by atoms with E-state index in [1.54, 1.807) is 30.3 Å². The second-order valence-corrected chi connectivity index (χ2v) is 7.33. The summed E-state index contributed by atoms with van der Waals surface area (Å²) in [6.07, 6.45) is 0.0567. The molecule has 1 heterocycles. The maximum Gasteiger partial charge on any atom is 0.261 e. The molecular formula is C21H22ClN3O3. The normalized spacial score (nSPS) is 14.4. The number of halogens is 1. The van der Waals surface area contributed by atoms with Gasteiger partial charge in [0.1, 0.15) is 0 Å². The number of imide groups is 1. The second kappa shape index (κ2) is 8.54. The molecule has 0 saturated heterocycles. The van der Waals surface area contributed by atoms with Crippen LogP contribution in [0.5, 0.6) is 0 Å². The number of rotatable bonds is 7. The lowest BCUT2D eigenvalue weighted by atomic mass is 10.1. The van der Waals surface area contributed by atoms with Crippen LogP contribution in [0, 0.1) is 0 Å². The molecule has 146 valence electrons. The SMILES string of the molecule is CN(C)C(CNC(=O)CCN1C(=O)c2ccccc2C1=O)c1cccc(Cl)c1. The largest absolute Gasteiger partial charge is 0.354 e. The highest BCUT2D eigenvalue weighted by Crippen LogP contribution is 2.23. The number of amides is 3. The van der Waals surface area contributed by atoms with Gasteiger partial charge in [-0.3, -0.25) is 19.3 Å².